The minimum absolute atomic E-state index is 0.140. The Morgan fingerprint density at radius 2 is 2.24 bits per heavy atom. The third kappa shape index (κ3) is 2.23. The van der Waals surface area contributed by atoms with Crippen LogP contribution in [0.1, 0.15) is 4.88 Å². The van der Waals surface area contributed by atoms with Crippen LogP contribution in [0, 0.1) is 0 Å². The highest BCUT2D eigenvalue weighted by Gasteiger charge is 2.16. The van der Waals surface area contributed by atoms with Gasteiger partial charge in [0.2, 0.25) is 0 Å². The van der Waals surface area contributed by atoms with Crippen LogP contribution < -0.4 is 5.56 Å². The highest BCUT2D eigenvalue weighted by atomic mass is 32.2. The summed E-state index contributed by atoms with van der Waals surface area (Å²) < 4.78 is 0. The molecule has 3 aromatic rings. The number of aromatic hydroxyl groups is 1. The molecule has 0 atom stereocenters. The number of nitrogens with one attached hydrogen (secondary N) is 1. The van der Waals surface area contributed by atoms with E-state index in [-0.39, 0.29) is 11.3 Å². The standard InChI is InChI=1S/C15H14N2O2S2/c18-12-3-1-2-10-13(12)11-6-9(7-17-4-5-20-8-17)21-15(11)16-14(10)19/h1-3,6,18H,4-5,7-8H2,(H,16,19). The number of pyridine rings is 1. The summed E-state index contributed by atoms with van der Waals surface area (Å²) in [5, 5.41) is 12.3. The Hall–Kier alpha value is -1.50. The summed E-state index contributed by atoms with van der Waals surface area (Å²) in [5.41, 5.74) is -0.140. The number of H-pyrrole nitrogens is 1. The van der Waals surface area contributed by atoms with E-state index in [1.165, 1.54) is 10.6 Å². The molecule has 3 heterocycles. The van der Waals surface area contributed by atoms with Crippen LogP contribution in [0.2, 0.25) is 0 Å². The Labute approximate surface area is 129 Å². The molecule has 4 nitrogen and oxygen atoms in total. The number of aromatic nitrogens is 1. The van der Waals surface area contributed by atoms with Crippen molar-refractivity contribution in [3.8, 4) is 5.75 Å². The molecule has 1 aliphatic rings. The first-order valence-electron chi connectivity index (χ1n) is 6.79. The van der Waals surface area contributed by atoms with Crippen molar-refractivity contribution in [2.75, 3.05) is 18.2 Å². The Kier molecular flexibility index (Phi) is 3.17. The normalized spacial score (nSPS) is 16.2. The molecule has 1 saturated heterocycles. The molecule has 2 aromatic heterocycles. The summed E-state index contributed by atoms with van der Waals surface area (Å²) >= 11 is 3.55. The number of hydrogen-bond donors (Lipinski definition) is 2. The number of hydrogen-bond acceptors (Lipinski definition) is 5. The van der Waals surface area contributed by atoms with Gasteiger partial charge in [-0.05, 0) is 18.2 Å². The molecule has 0 saturated carbocycles. The van der Waals surface area contributed by atoms with Crippen molar-refractivity contribution >= 4 is 44.1 Å². The van der Waals surface area contributed by atoms with Crippen molar-refractivity contribution in [3.05, 3.63) is 39.5 Å². The maximum absolute atomic E-state index is 12.1. The van der Waals surface area contributed by atoms with Gasteiger partial charge in [0, 0.05) is 40.4 Å². The third-order valence-electron chi connectivity index (χ3n) is 3.77. The molecule has 4 rings (SSSR count). The van der Waals surface area contributed by atoms with Crippen LogP contribution in [-0.4, -0.2) is 33.2 Å². The molecule has 0 aliphatic carbocycles. The van der Waals surface area contributed by atoms with Gasteiger partial charge in [0.1, 0.15) is 10.6 Å². The zero-order chi connectivity index (χ0) is 14.4. The summed E-state index contributed by atoms with van der Waals surface area (Å²) in [6.07, 6.45) is 0. The van der Waals surface area contributed by atoms with E-state index < -0.39 is 0 Å². The molecule has 6 heteroatoms. The van der Waals surface area contributed by atoms with Crippen molar-refractivity contribution in [1.29, 1.82) is 0 Å². The lowest BCUT2D eigenvalue weighted by molar-refractivity contribution is 0.352. The maximum atomic E-state index is 12.1. The predicted octanol–water partition coefficient (Wildman–Crippen LogP) is 2.95. The van der Waals surface area contributed by atoms with Crippen molar-refractivity contribution in [3.63, 3.8) is 0 Å². The Morgan fingerprint density at radius 3 is 3.05 bits per heavy atom. The van der Waals surface area contributed by atoms with E-state index in [4.69, 9.17) is 0 Å². The van der Waals surface area contributed by atoms with Gasteiger partial charge in [0.25, 0.3) is 5.56 Å². The number of fused-ring (bicyclic) bond motifs is 3. The molecule has 0 unspecified atom stereocenters. The van der Waals surface area contributed by atoms with Crippen LogP contribution in [0.3, 0.4) is 0 Å². The molecular formula is C15H14N2O2S2. The van der Waals surface area contributed by atoms with Crippen LogP contribution >= 0.6 is 23.1 Å². The summed E-state index contributed by atoms with van der Waals surface area (Å²) in [5.74, 6) is 2.42. The monoisotopic (exact) mass is 318 g/mol. The minimum Gasteiger partial charge on any atom is -0.507 e. The minimum atomic E-state index is -0.140. The molecule has 1 aromatic carbocycles. The molecule has 0 spiro atoms. The van der Waals surface area contributed by atoms with Crippen molar-refractivity contribution in [1.82, 2.24) is 9.88 Å². The zero-order valence-corrected chi connectivity index (χ0v) is 12.9. The van der Waals surface area contributed by atoms with Crippen molar-refractivity contribution in [2.24, 2.45) is 0 Å². The van der Waals surface area contributed by atoms with Crippen molar-refractivity contribution < 1.29 is 5.11 Å². The van der Waals surface area contributed by atoms with Gasteiger partial charge >= 0.3 is 0 Å². The molecule has 108 valence electrons. The van der Waals surface area contributed by atoms with Gasteiger partial charge in [0.15, 0.2) is 0 Å². The highest BCUT2D eigenvalue weighted by molar-refractivity contribution is 7.99. The summed E-state index contributed by atoms with van der Waals surface area (Å²) in [4.78, 5) is 19.5. The van der Waals surface area contributed by atoms with Crippen LogP contribution in [0.5, 0.6) is 5.75 Å². The van der Waals surface area contributed by atoms with Gasteiger partial charge in [-0.3, -0.25) is 9.69 Å². The number of aromatic amines is 1. The first-order valence-corrected chi connectivity index (χ1v) is 8.76. The second-order valence-corrected chi connectivity index (χ2v) is 7.41. The van der Waals surface area contributed by atoms with Gasteiger partial charge in [-0.2, -0.15) is 0 Å². The lowest BCUT2D eigenvalue weighted by Crippen LogP contribution is -2.17. The van der Waals surface area contributed by atoms with E-state index >= 15 is 0 Å². The van der Waals surface area contributed by atoms with E-state index in [9.17, 15) is 9.90 Å². The first-order chi connectivity index (χ1) is 10.2. The zero-order valence-electron chi connectivity index (χ0n) is 11.3. The molecule has 0 amide bonds. The van der Waals surface area contributed by atoms with Crippen molar-refractivity contribution in [2.45, 2.75) is 6.54 Å². The largest absolute Gasteiger partial charge is 0.507 e. The fraction of sp³-hybridized carbons (Fsp3) is 0.267. The smallest absolute Gasteiger partial charge is 0.257 e. The average molecular weight is 318 g/mol. The molecular weight excluding hydrogens is 304 g/mol. The Balaban J connectivity index is 1.90. The van der Waals surface area contributed by atoms with Gasteiger partial charge in [0.05, 0.1) is 5.39 Å². The summed E-state index contributed by atoms with van der Waals surface area (Å²) in [6, 6.07) is 7.19. The number of rotatable bonds is 2. The third-order valence-corrected chi connectivity index (χ3v) is 5.83. The number of thioether (sulfide) groups is 1. The van der Waals surface area contributed by atoms with E-state index in [0.717, 1.165) is 29.2 Å². The number of nitrogens with zero attached hydrogens (tertiary/aromatic N) is 1. The quantitative estimate of drug-likeness (QED) is 0.763. The van der Waals surface area contributed by atoms with Gasteiger partial charge in [-0.25, -0.2) is 0 Å². The lowest BCUT2D eigenvalue weighted by Gasteiger charge is -2.11. The predicted molar refractivity (Wildman–Crippen MR) is 89.4 cm³/mol. The number of phenols is 1. The molecule has 21 heavy (non-hydrogen) atoms. The highest BCUT2D eigenvalue weighted by Crippen LogP contribution is 2.34. The molecule has 0 radical (unpaired) electrons. The van der Waals surface area contributed by atoms with E-state index in [1.807, 2.05) is 11.8 Å². The Bertz CT molecular complexity index is 878. The average Bonchev–Trinajstić information content (AvgIpc) is 3.09. The second kappa shape index (κ2) is 5.05. The van der Waals surface area contributed by atoms with Crippen LogP contribution in [0.15, 0.2) is 29.1 Å². The molecule has 1 fully saturated rings. The van der Waals surface area contributed by atoms with Crippen LogP contribution in [-0.2, 0) is 6.54 Å². The molecule has 0 bridgehead atoms. The maximum Gasteiger partial charge on any atom is 0.257 e. The second-order valence-electron chi connectivity index (χ2n) is 5.20. The van der Waals surface area contributed by atoms with E-state index in [2.05, 4.69) is 16.0 Å². The molecule has 2 N–H and O–H groups in total. The van der Waals surface area contributed by atoms with E-state index in [1.54, 1.807) is 29.5 Å². The number of thiophene rings is 1. The topological polar surface area (TPSA) is 56.3 Å². The fourth-order valence-corrected chi connectivity index (χ4v) is 4.87. The SMILES string of the molecule is O=c1[nH]c2sc(CN3CCSC3)cc2c2c(O)cccc12. The van der Waals surface area contributed by atoms with Crippen LogP contribution in [0.4, 0.5) is 0 Å². The Morgan fingerprint density at radius 1 is 1.33 bits per heavy atom. The van der Waals surface area contributed by atoms with Gasteiger partial charge in [-0.1, -0.05) is 6.07 Å². The van der Waals surface area contributed by atoms with E-state index in [0.29, 0.717) is 10.8 Å². The lowest BCUT2D eigenvalue weighted by atomic mass is 10.1. The number of benzene rings is 1. The molecule has 1 aliphatic heterocycles. The van der Waals surface area contributed by atoms with Gasteiger partial charge in [-0.15, -0.1) is 23.1 Å². The summed E-state index contributed by atoms with van der Waals surface area (Å²) in [7, 11) is 0. The fourth-order valence-electron chi connectivity index (χ4n) is 2.78. The number of phenolic OH excluding ortho intramolecular Hbond substituents is 1. The van der Waals surface area contributed by atoms with Crippen LogP contribution in [0.25, 0.3) is 21.0 Å². The van der Waals surface area contributed by atoms with Gasteiger partial charge < -0.3 is 10.1 Å². The summed E-state index contributed by atoms with van der Waals surface area (Å²) in [6.45, 7) is 2.02. The first kappa shape index (κ1) is 13.2.